The number of para-hydroxylation sites is 1. The first-order valence-corrected chi connectivity index (χ1v) is 10.7. The van der Waals surface area contributed by atoms with Crippen LogP contribution in [0.25, 0.3) is 0 Å². The second-order valence-electron chi connectivity index (χ2n) is 7.87. The van der Waals surface area contributed by atoms with E-state index in [2.05, 4.69) is 15.5 Å². The third-order valence-corrected chi connectivity index (χ3v) is 5.62. The molecule has 0 aliphatic carbocycles. The van der Waals surface area contributed by atoms with E-state index >= 15 is 0 Å². The highest BCUT2D eigenvalue weighted by atomic mass is 19.1. The molecule has 0 aromatic heterocycles. The number of nitrogens with one attached hydrogen (secondary N) is 2. The Morgan fingerprint density at radius 2 is 1.77 bits per heavy atom. The number of carbonyl (C=O) groups is 2. The van der Waals surface area contributed by atoms with Gasteiger partial charge in [0.2, 0.25) is 0 Å². The minimum absolute atomic E-state index is 0.0574. The van der Waals surface area contributed by atoms with Crippen molar-refractivity contribution in [2.75, 3.05) is 38.7 Å². The van der Waals surface area contributed by atoms with E-state index in [0.29, 0.717) is 11.3 Å². The van der Waals surface area contributed by atoms with Crippen molar-refractivity contribution in [2.24, 2.45) is 0 Å². The molecular weight excluding hydrogens is 397 g/mol. The summed E-state index contributed by atoms with van der Waals surface area (Å²) < 4.78 is 19.1. The Labute approximate surface area is 182 Å². The normalized spacial score (nSPS) is 14.9. The molecule has 1 aliphatic rings. The van der Waals surface area contributed by atoms with Crippen LogP contribution in [0, 0.1) is 12.7 Å². The first-order chi connectivity index (χ1) is 15.0. The Hall–Kier alpha value is -2.77. The van der Waals surface area contributed by atoms with Gasteiger partial charge >= 0.3 is 0 Å². The summed E-state index contributed by atoms with van der Waals surface area (Å²) in [4.78, 5) is 28.0. The number of aryl methyl sites for hydroxylation is 1. The summed E-state index contributed by atoms with van der Waals surface area (Å²) in [5.74, 6) is -1.41. The minimum atomic E-state index is -0.600. The van der Waals surface area contributed by atoms with Crippen molar-refractivity contribution < 1.29 is 18.7 Å². The standard InChI is InChI=1S/C24H30FN3O3/c1-17-7-5-9-20(22(17)27-23(29)19-8-3-4-10-21(19)25)24(30)26-18-11-14-28(15-12-18)13-6-16-31-2/h3-5,7-10,18H,6,11-16H2,1-2H3,(H,26,30)(H,27,29). The molecule has 0 bridgehead atoms. The van der Waals surface area contributed by atoms with Crippen LogP contribution in [0.15, 0.2) is 42.5 Å². The fraction of sp³-hybridized carbons (Fsp3) is 0.417. The molecule has 1 fully saturated rings. The molecule has 7 heteroatoms. The highest BCUT2D eigenvalue weighted by molar-refractivity contribution is 6.09. The third-order valence-electron chi connectivity index (χ3n) is 5.62. The number of amides is 2. The number of halogens is 1. The molecule has 2 aromatic rings. The van der Waals surface area contributed by atoms with Gasteiger partial charge in [-0.25, -0.2) is 4.39 Å². The molecule has 1 saturated heterocycles. The highest BCUT2D eigenvalue weighted by Crippen LogP contribution is 2.23. The lowest BCUT2D eigenvalue weighted by atomic mass is 10.0. The average Bonchev–Trinajstić information content (AvgIpc) is 2.76. The van der Waals surface area contributed by atoms with Gasteiger partial charge in [0.05, 0.1) is 16.8 Å². The van der Waals surface area contributed by atoms with Gasteiger partial charge in [-0.3, -0.25) is 9.59 Å². The van der Waals surface area contributed by atoms with E-state index in [1.54, 1.807) is 25.3 Å². The molecule has 1 heterocycles. The molecule has 2 N–H and O–H groups in total. The number of rotatable bonds is 8. The molecule has 2 amide bonds. The topological polar surface area (TPSA) is 70.7 Å². The van der Waals surface area contributed by atoms with Crippen molar-refractivity contribution in [3.63, 3.8) is 0 Å². The fourth-order valence-electron chi connectivity index (χ4n) is 3.85. The van der Waals surface area contributed by atoms with E-state index in [1.807, 2.05) is 13.0 Å². The lowest BCUT2D eigenvalue weighted by molar-refractivity contribution is 0.0908. The maximum absolute atomic E-state index is 14.0. The predicted molar refractivity (Wildman–Crippen MR) is 119 cm³/mol. The summed E-state index contributed by atoms with van der Waals surface area (Å²) >= 11 is 0. The molecule has 0 radical (unpaired) electrons. The first-order valence-electron chi connectivity index (χ1n) is 10.7. The van der Waals surface area contributed by atoms with Gasteiger partial charge in [-0.05, 0) is 49.9 Å². The van der Waals surface area contributed by atoms with Crippen LogP contribution in [0.4, 0.5) is 10.1 Å². The largest absolute Gasteiger partial charge is 0.385 e. The number of benzene rings is 2. The lowest BCUT2D eigenvalue weighted by Crippen LogP contribution is -2.45. The highest BCUT2D eigenvalue weighted by Gasteiger charge is 2.23. The Bertz CT molecular complexity index is 911. The molecule has 31 heavy (non-hydrogen) atoms. The molecule has 6 nitrogen and oxygen atoms in total. The van der Waals surface area contributed by atoms with Gasteiger partial charge in [-0.1, -0.05) is 24.3 Å². The average molecular weight is 428 g/mol. The summed E-state index contributed by atoms with van der Waals surface area (Å²) in [7, 11) is 1.71. The number of anilines is 1. The number of nitrogens with zero attached hydrogens (tertiary/aromatic N) is 1. The number of methoxy groups -OCH3 is 1. The Kier molecular flexibility index (Phi) is 8.14. The van der Waals surface area contributed by atoms with Crippen LogP contribution >= 0.6 is 0 Å². The van der Waals surface area contributed by atoms with Gasteiger partial charge in [-0.2, -0.15) is 0 Å². The zero-order valence-corrected chi connectivity index (χ0v) is 18.1. The van der Waals surface area contributed by atoms with E-state index in [9.17, 15) is 14.0 Å². The molecule has 2 aromatic carbocycles. The quantitative estimate of drug-likeness (QED) is 0.632. The van der Waals surface area contributed by atoms with Gasteiger partial charge in [0.15, 0.2) is 0 Å². The van der Waals surface area contributed by atoms with Crippen LogP contribution in [0.3, 0.4) is 0 Å². The zero-order valence-electron chi connectivity index (χ0n) is 18.1. The van der Waals surface area contributed by atoms with Gasteiger partial charge < -0.3 is 20.3 Å². The number of piperidine rings is 1. The summed E-state index contributed by atoms with van der Waals surface area (Å²) in [5, 5.41) is 5.83. The van der Waals surface area contributed by atoms with Gasteiger partial charge in [0.1, 0.15) is 5.82 Å². The number of carbonyl (C=O) groups excluding carboxylic acids is 2. The number of likely N-dealkylation sites (tertiary alicyclic amines) is 1. The zero-order chi connectivity index (χ0) is 22.2. The molecule has 3 rings (SSSR count). The lowest BCUT2D eigenvalue weighted by Gasteiger charge is -2.32. The van der Waals surface area contributed by atoms with Crippen molar-refractivity contribution in [2.45, 2.75) is 32.2 Å². The number of hydrogen-bond donors (Lipinski definition) is 2. The number of hydrogen-bond acceptors (Lipinski definition) is 4. The SMILES string of the molecule is COCCCN1CCC(NC(=O)c2cccc(C)c2NC(=O)c2ccccc2F)CC1. The Morgan fingerprint density at radius 1 is 1.06 bits per heavy atom. The smallest absolute Gasteiger partial charge is 0.258 e. The fourth-order valence-corrected chi connectivity index (χ4v) is 3.85. The summed E-state index contributed by atoms with van der Waals surface area (Å²) in [6.07, 6.45) is 2.75. The van der Waals surface area contributed by atoms with Crippen molar-refractivity contribution in [3.8, 4) is 0 Å². The minimum Gasteiger partial charge on any atom is -0.385 e. The molecule has 1 aliphatic heterocycles. The molecule has 0 atom stereocenters. The summed E-state index contributed by atoms with van der Waals surface area (Å²) in [6, 6.07) is 11.1. The van der Waals surface area contributed by atoms with Crippen LogP contribution < -0.4 is 10.6 Å². The maximum Gasteiger partial charge on any atom is 0.258 e. The van der Waals surface area contributed by atoms with Crippen LogP contribution in [0.1, 0.15) is 45.5 Å². The maximum atomic E-state index is 14.0. The molecule has 166 valence electrons. The second kappa shape index (κ2) is 11.0. The third kappa shape index (κ3) is 6.12. The number of ether oxygens (including phenoxy) is 1. The summed E-state index contributed by atoms with van der Waals surface area (Å²) in [5.41, 5.74) is 1.47. The second-order valence-corrected chi connectivity index (χ2v) is 7.87. The molecule has 0 saturated carbocycles. The molecule has 0 unspecified atom stereocenters. The Morgan fingerprint density at radius 3 is 2.48 bits per heavy atom. The Balaban J connectivity index is 1.64. The van der Waals surface area contributed by atoms with E-state index in [4.69, 9.17) is 4.74 Å². The van der Waals surface area contributed by atoms with Crippen molar-refractivity contribution in [3.05, 3.63) is 65.0 Å². The van der Waals surface area contributed by atoms with E-state index in [0.717, 1.165) is 51.1 Å². The summed E-state index contributed by atoms with van der Waals surface area (Å²) in [6.45, 7) is 5.43. The van der Waals surface area contributed by atoms with Crippen LogP contribution in [0.5, 0.6) is 0 Å². The van der Waals surface area contributed by atoms with E-state index < -0.39 is 11.7 Å². The van der Waals surface area contributed by atoms with Crippen LogP contribution in [0.2, 0.25) is 0 Å². The monoisotopic (exact) mass is 427 g/mol. The molecule has 0 spiro atoms. The predicted octanol–water partition coefficient (Wildman–Crippen LogP) is 3.62. The van der Waals surface area contributed by atoms with Crippen molar-refractivity contribution in [1.29, 1.82) is 0 Å². The van der Waals surface area contributed by atoms with Crippen molar-refractivity contribution >= 4 is 17.5 Å². The van der Waals surface area contributed by atoms with Crippen molar-refractivity contribution in [1.82, 2.24) is 10.2 Å². The van der Waals surface area contributed by atoms with Gasteiger partial charge in [0.25, 0.3) is 11.8 Å². The van der Waals surface area contributed by atoms with E-state index in [1.165, 1.54) is 18.2 Å². The first kappa shape index (κ1) is 22.9. The van der Waals surface area contributed by atoms with Gasteiger partial charge in [0, 0.05) is 39.4 Å². The molecular formula is C24H30FN3O3. The van der Waals surface area contributed by atoms with E-state index in [-0.39, 0.29) is 17.5 Å². The van der Waals surface area contributed by atoms with Crippen LogP contribution in [-0.4, -0.2) is 56.1 Å². The van der Waals surface area contributed by atoms with Crippen LogP contribution in [-0.2, 0) is 4.74 Å². The van der Waals surface area contributed by atoms with Gasteiger partial charge in [-0.15, -0.1) is 0 Å².